The fraction of sp³-hybridized carbons (Fsp3) is 0.364. The first-order valence-electron chi connectivity index (χ1n) is 4.91. The lowest BCUT2D eigenvalue weighted by molar-refractivity contribution is -0.143. The van der Waals surface area contributed by atoms with Crippen LogP contribution < -0.4 is 5.73 Å². The Morgan fingerprint density at radius 1 is 1.44 bits per heavy atom. The van der Waals surface area contributed by atoms with Crippen molar-refractivity contribution in [2.75, 3.05) is 6.61 Å². The lowest BCUT2D eigenvalue weighted by Crippen LogP contribution is -2.18. The number of carbonyl (C=O) groups excluding carboxylic acids is 1. The molecule has 88 valence electrons. The van der Waals surface area contributed by atoms with Crippen molar-refractivity contribution in [2.45, 2.75) is 19.4 Å². The molecule has 1 aromatic rings. The van der Waals surface area contributed by atoms with Gasteiger partial charge in [-0.15, -0.1) is 0 Å². The van der Waals surface area contributed by atoms with Gasteiger partial charge in [0.1, 0.15) is 0 Å². The fourth-order valence-corrected chi connectivity index (χ4v) is 2.04. The number of rotatable bonds is 4. The van der Waals surface area contributed by atoms with Crippen molar-refractivity contribution in [3.63, 3.8) is 0 Å². The van der Waals surface area contributed by atoms with Crippen molar-refractivity contribution < 1.29 is 9.53 Å². The molecule has 16 heavy (non-hydrogen) atoms. The van der Waals surface area contributed by atoms with Crippen LogP contribution in [-0.4, -0.2) is 12.6 Å². The van der Waals surface area contributed by atoms with Gasteiger partial charge < -0.3 is 10.5 Å². The normalized spacial score (nSPS) is 12.2. The summed E-state index contributed by atoms with van der Waals surface area (Å²) in [7, 11) is 0. The maximum absolute atomic E-state index is 11.3. The number of benzene rings is 1. The van der Waals surface area contributed by atoms with Crippen LogP contribution in [-0.2, 0) is 9.53 Å². The molecule has 1 rings (SSSR count). The minimum Gasteiger partial charge on any atom is -0.466 e. The van der Waals surface area contributed by atoms with Crippen molar-refractivity contribution in [3.8, 4) is 0 Å². The van der Waals surface area contributed by atoms with Gasteiger partial charge in [0.25, 0.3) is 0 Å². The second kappa shape index (κ2) is 6.09. The summed E-state index contributed by atoms with van der Waals surface area (Å²) < 4.78 is 4.81. The molecule has 0 bridgehead atoms. The Kier molecular flexibility index (Phi) is 5.06. The van der Waals surface area contributed by atoms with E-state index in [-0.39, 0.29) is 12.4 Å². The van der Waals surface area contributed by atoms with Gasteiger partial charge in [-0.3, -0.25) is 4.79 Å². The first kappa shape index (κ1) is 13.3. The van der Waals surface area contributed by atoms with Crippen LogP contribution in [0.5, 0.6) is 0 Å². The molecule has 0 fully saturated rings. The van der Waals surface area contributed by atoms with E-state index in [2.05, 4.69) is 0 Å². The molecule has 0 saturated heterocycles. The van der Waals surface area contributed by atoms with Gasteiger partial charge in [0, 0.05) is 21.7 Å². The van der Waals surface area contributed by atoms with Crippen molar-refractivity contribution in [2.24, 2.45) is 5.73 Å². The third-order valence-electron chi connectivity index (χ3n) is 2.06. The van der Waals surface area contributed by atoms with E-state index >= 15 is 0 Å². The molecule has 0 spiro atoms. The largest absolute Gasteiger partial charge is 0.466 e. The predicted octanol–water partition coefficient (Wildman–Crippen LogP) is 2.95. The zero-order valence-corrected chi connectivity index (χ0v) is 10.4. The minimum absolute atomic E-state index is 0.0668. The van der Waals surface area contributed by atoms with Crippen LogP contribution in [0.4, 0.5) is 0 Å². The van der Waals surface area contributed by atoms with E-state index in [1.54, 1.807) is 25.1 Å². The molecule has 1 atom stereocenters. The number of nitrogens with two attached hydrogens (primary N) is 1. The molecule has 0 unspecified atom stereocenters. The first-order chi connectivity index (χ1) is 7.56. The number of halogens is 2. The highest BCUT2D eigenvalue weighted by atomic mass is 35.5. The monoisotopic (exact) mass is 261 g/mol. The highest BCUT2D eigenvalue weighted by Gasteiger charge is 2.17. The summed E-state index contributed by atoms with van der Waals surface area (Å²) in [6.45, 7) is 2.08. The van der Waals surface area contributed by atoms with Crippen molar-refractivity contribution in [3.05, 3.63) is 33.8 Å². The van der Waals surface area contributed by atoms with Crippen molar-refractivity contribution in [1.29, 1.82) is 0 Å². The van der Waals surface area contributed by atoms with Crippen LogP contribution in [0.25, 0.3) is 0 Å². The highest BCUT2D eigenvalue weighted by Crippen LogP contribution is 2.30. The van der Waals surface area contributed by atoms with Gasteiger partial charge in [-0.05, 0) is 19.1 Å². The van der Waals surface area contributed by atoms with Gasteiger partial charge in [0.2, 0.25) is 0 Å². The van der Waals surface area contributed by atoms with E-state index in [1.165, 1.54) is 0 Å². The van der Waals surface area contributed by atoms with Gasteiger partial charge in [0.15, 0.2) is 0 Å². The average molecular weight is 262 g/mol. The van der Waals surface area contributed by atoms with E-state index in [4.69, 9.17) is 33.7 Å². The Balaban J connectivity index is 2.80. The molecular formula is C11H13Cl2NO2. The van der Waals surface area contributed by atoms with Crippen molar-refractivity contribution >= 4 is 29.2 Å². The summed E-state index contributed by atoms with van der Waals surface area (Å²) in [5, 5.41) is 0.925. The van der Waals surface area contributed by atoms with Gasteiger partial charge in [-0.1, -0.05) is 29.3 Å². The molecule has 0 amide bonds. The van der Waals surface area contributed by atoms with Gasteiger partial charge in [0.05, 0.1) is 13.0 Å². The standard InChI is InChI=1S/C11H13Cl2NO2/c1-2-16-10(15)6-9(14)11-7(12)4-3-5-8(11)13/h3-5,9H,2,6,14H2,1H3/t9-/m1/s1. The fourth-order valence-electron chi connectivity index (χ4n) is 1.37. The number of ether oxygens (including phenoxy) is 1. The number of hydrogen-bond acceptors (Lipinski definition) is 3. The molecule has 0 aliphatic heterocycles. The summed E-state index contributed by atoms with van der Waals surface area (Å²) in [5.41, 5.74) is 6.44. The van der Waals surface area contributed by atoms with E-state index in [9.17, 15) is 4.79 Å². The summed E-state index contributed by atoms with van der Waals surface area (Å²) in [6.07, 6.45) is 0.0668. The third-order valence-corrected chi connectivity index (χ3v) is 2.72. The zero-order chi connectivity index (χ0) is 12.1. The minimum atomic E-state index is -0.541. The van der Waals surface area contributed by atoms with E-state index in [0.717, 1.165) is 0 Å². The first-order valence-corrected chi connectivity index (χ1v) is 5.67. The van der Waals surface area contributed by atoms with Gasteiger partial charge >= 0.3 is 5.97 Å². The summed E-state index contributed by atoms with van der Waals surface area (Å²) >= 11 is 11.9. The highest BCUT2D eigenvalue weighted by molar-refractivity contribution is 6.36. The number of carbonyl (C=O) groups is 1. The van der Waals surface area contributed by atoms with Gasteiger partial charge in [-0.25, -0.2) is 0 Å². The Bertz CT molecular complexity index is 362. The van der Waals surface area contributed by atoms with E-state index in [0.29, 0.717) is 22.2 Å². The maximum atomic E-state index is 11.3. The number of hydrogen-bond donors (Lipinski definition) is 1. The smallest absolute Gasteiger partial charge is 0.307 e. The Labute approximate surface area is 104 Å². The molecule has 5 heteroatoms. The Morgan fingerprint density at radius 3 is 2.50 bits per heavy atom. The molecular weight excluding hydrogens is 249 g/mol. The SMILES string of the molecule is CCOC(=O)C[C@@H](N)c1c(Cl)cccc1Cl. The van der Waals surface area contributed by atoms with E-state index < -0.39 is 6.04 Å². The molecule has 0 aliphatic rings. The van der Waals surface area contributed by atoms with Crippen LogP contribution in [0.1, 0.15) is 24.9 Å². The summed E-state index contributed by atoms with van der Waals surface area (Å²) in [5.74, 6) is -0.356. The Morgan fingerprint density at radius 2 is 2.00 bits per heavy atom. The molecule has 0 radical (unpaired) electrons. The average Bonchev–Trinajstić information content (AvgIpc) is 2.17. The predicted molar refractivity (Wildman–Crippen MR) is 64.6 cm³/mol. The van der Waals surface area contributed by atoms with Crippen LogP contribution >= 0.6 is 23.2 Å². The second-order valence-corrected chi connectivity index (χ2v) is 4.07. The molecule has 0 heterocycles. The van der Waals surface area contributed by atoms with Crippen molar-refractivity contribution in [1.82, 2.24) is 0 Å². The van der Waals surface area contributed by atoms with E-state index in [1.807, 2.05) is 0 Å². The van der Waals surface area contributed by atoms with Crippen LogP contribution in [0.2, 0.25) is 10.0 Å². The maximum Gasteiger partial charge on any atom is 0.307 e. The molecule has 2 N–H and O–H groups in total. The molecule has 0 aliphatic carbocycles. The topological polar surface area (TPSA) is 52.3 Å². The summed E-state index contributed by atoms with van der Waals surface area (Å²) in [6, 6.07) is 4.56. The third kappa shape index (κ3) is 3.37. The molecule has 0 saturated carbocycles. The summed E-state index contributed by atoms with van der Waals surface area (Å²) in [4.78, 5) is 11.3. The molecule has 3 nitrogen and oxygen atoms in total. The second-order valence-electron chi connectivity index (χ2n) is 3.25. The Hall–Kier alpha value is -0.770. The number of esters is 1. The van der Waals surface area contributed by atoms with Gasteiger partial charge in [-0.2, -0.15) is 0 Å². The quantitative estimate of drug-likeness (QED) is 0.849. The van der Waals surface area contributed by atoms with Crippen LogP contribution in [0.15, 0.2) is 18.2 Å². The lowest BCUT2D eigenvalue weighted by Gasteiger charge is -2.14. The lowest BCUT2D eigenvalue weighted by atomic mass is 10.0. The van der Waals surface area contributed by atoms with Crippen LogP contribution in [0, 0.1) is 0 Å². The molecule has 0 aromatic heterocycles. The zero-order valence-electron chi connectivity index (χ0n) is 8.87. The van der Waals surface area contributed by atoms with Crippen LogP contribution in [0.3, 0.4) is 0 Å². The molecule has 1 aromatic carbocycles.